The summed E-state index contributed by atoms with van der Waals surface area (Å²) >= 11 is 0. The highest BCUT2D eigenvalue weighted by atomic mass is 16.5. The molecule has 0 unspecified atom stereocenters. The zero-order chi connectivity index (χ0) is 17.6. The van der Waals surface area contributed by atoms with E-state index in [9.17, 15) is 4.79 Å². The minimum atomic E-state index is 0.0722. The van der Waals surface area contributed by atoms with Crippen molar-refractivity contribution in [3.8, 4) is 16.9 Å². The molecule has 0 saturated carbocycles. The summed E-state index contributed by atoms with van der Waals surface area (Å²) in [6.45, 7) is 4.57. The maximum atomic E-state index is 11.2. The van der Waals surface area contributed by atoms with E-state index in [4.69, 9.17) is 4.74 Å². The van der Waals surface area contributed by atoms with Gasteiger partial charge in [-0.1, -0.05) is 36.4 Å². The number of hydrogen-bond donors (Lipinski definition) is 1. The van der Waals surface area contributed by atoms with Gasteiger partial charge in [0.25, 0.3) is 0 Å². The molecule has 0 bridgehead atoms. The van der Waals surface area contributed by atoms with Crippen LogP contribution in [0.3, 0.4) is 0 Å². The zero-order valence-corrected chi connectivity index (χ0v) is 15.0. The highest BCUT2D eigenvalue weighted by Crippen LogP contribution is 2.30. The quantitative estimate of drug-likeness (QED) is 0.908. The van der Waals surface area contributed by atoms with E-state index in [0.717, 1.165) is 43.8 Å². The van der Waals surface area contributed by atoms with E-state index in [1.807, 2.05) is 18.2 Å². The standard InChI is InChI=1S/C21H26N2O2/c1-16(24)22-19-10-12-23(13-11-19)15-17-6-5-7-18(14-17)20-8-3-4-9-21(20)25-2/h3-9,14,19H,10-13,15H2,1-2H3,(H,22,24). The predicted octanol–water partition coefficient (Wildman–Crippen LogP) is 3.46. The monoisotopic (exact) mass is 338 g/mol. The highest BCUT2D eigenvalue weighted by molar-refractivity contribution is 5.73. The molecule has 132 valence electrons. The Morgan fingerprint density at radius 2 is 1.92 bits per heavy atom. The van der Waals surface area contributed by atoms with Crippen molar-refractivity contribution >= 4 is 5.91 Å². The molecule has 1 heterocycles. The van der Waals surface area contributed by atoms with E-state index in [1.54, 1.807) is 14.0 Å². The van der Waals surface area contributed by atoms with Gasteiger partial charge in [0, 0.05) is 38.2 Å². The Morgan fingerprint density at radius 1 is 1.16 bits per heavy atom. The number of piperidine rings is 1. The molecule has 1 saturated heterocycles. The summed E-state index contributed by atoms with van der Waals surface area (Å²) in [6, 6.07) is 17.1. The molecule has 0 spiro atoms. The van der Waals surface area contributed by atoms with Crippen LogP contribution in [0.5, 0.6) is 5.75 Å². The molecule has 1 N–H and O–H groups in total. The lowest BCUT2D eigenvalue weighted by molar-refractivity contribution is -0.119. The molecule has 1 amide bonds. The van der Waals surface area contributed by atoms with Gasteiger partial charge in [-0.05, 0) is 36.1 Å². The zero-order valence-electron chi connectivity index (χ0n) is 15.0. The van der Waals surface area contributed by atoms with Crippen LogP contribution in [0, 0.1) is 0 Å². The average Bonchev–Trinajstić information content (AvgIpc) is 2.63. The van der Waals surface area contributed by atoms with Gasteiger partial charge in [-0.3, -0.25) is 9.69 Å². The molecule has 0 atom stereocenters. The van der Waals surface area contributed by atoms with E-state index in [-0.39, 0.29) is 5.91 Å². The molecular formula is C21H26N2O2. The fraction of sp³-hybridized carbons (Fsp3) is 0.381. The van der Waals surface area contributed by atoms with Gasteiger partial charge in [0.2, 0.25) is 5.91 Å². The fourth-order valence-electron chi connectivity index (χ4n) is 3.50. The second kappa shape index (κ2) is 8.17. The van der Waals surface area contributed by atoms with Crippen LogP contribution in [0.1, 0.15) is 25.3 Å². The highest BCUT2D eigenvalue weighted by Gasteiger charge is 2.19. The summed E-state index contributed by atoms with van der Waals surface area (Å²) < 4.78 is 5.49. The first-order valence-corrected chi connectivity index (χ1v) is 8.87. The number of carbonyl (C=O) groups is 1. The van der Waals surface area contributed by atoms with Crippen LogP contribution in [-0.4, -0.2) is 37.0 Å². The molecule has 0 aromatic heterocycles. The molecular weight excluding hydrogens is 312 g/mol. The Hall–Kier alpha value is -2.33. The third kappa shape index (κ3) is 4.60. The second-order valence-corrected chi connectivity index (χ2v) is 6.65. The molecule has 2 aromatic rings. The minimum absolute atomic E-state index is 0.0722. The average molecular weight is 338 g/mol. The number of likely N-dealkylation sites (tertiary alicyclic amines) is 1. The molecule has 3 rings (SSSR count). The number of nitrogens with one attached hydrogen (secondary N) is 1. The minimum Gasteiger partial charge on any atom is -0.496 e. The van der Waals surface area contributed by atoms with Gasteiger partial charge in [-0.25, -0.2) is 0 Å². The first-order chi connectivity index (χ1) is 12.2. The van der Waals surface area contributed by atoms with Crippen LogP contribution in [0.25, 0.3) is 11.1 Å². The third-order valence-electron chi connectivity index (χ3n) is 4.75. The van der Waals surface area contributed by atoms with E-state index in [1.165, 1.54) is 11.1 Å². The Morgan fingerprint density at radius 3 is 2.64 bits per heavy atom. The lowest BCUT2D eigenvalue weighted by atomic mass is 10.0. The van der Waals surface area contributed by atoms with E-state index < -0.39 is 0 Å². The maximum Gasteiger partial charge on any atom is 0.217 e. The van der Waals surface area contributed by atoms with E-state index in [2.05, 4.69) is 40.5 Å². The number of carbonyl (C=O) groups excluding carboxylic acids is 1. The molecule has 1 aliphatic heterocycles. The fourth-order valence-corrected chi connectivity index (χ4v) is 3.50. The summed E-state index contributed by atoms with van der Waals surface area (Å²) in [5, 5.41) is 3.03. The van der Waals surface area contributed by atoms with Crippen LogP contribution in [0.2, 0.25) is 0 Å². The van der Waals surface area contributed by atoms with Gasteiger partial charge in [0.1, 0.15) is 5.75 Å². The third-order valence-corrected chi connectivity index (χ3v) is 4.75. The van der Waals surface area contributed by atoms with Crippen LogP contribution in [0.4, 0.5) is 0 Å². The topological polar surface area (TPSA) is 41.6 Å². The first kappa shape index (κ1) is 17.5. The van der Waals surface area contributed by atoms with Gasteiger partial charge in [-0.15, -0.1) is 0 Å². The van der Waals surface area contributed by atoms with E-state index in [0.29, 0.717) is 6.04 Å². The summed E-state index contributed by atoms with van der Waals surface area (Å²) in [6.07, 6.45) is 2.04. The van der Waals surface area contributed by atoms with E-state index >= 15 is 0 Å². The van der Waals surface area contributed by atoms with Gasteiger partial charge in [0.05, 0.1) is 7.11 Å². The van der Waals surface area contributed by atoms with Crippen LogP contribution >= 0.6 is 0 Å². The Labute approximate surface area is 149 Å². The van der Waals surface area contributed by atoms with Crippen molar-refractivity contribution in [2.45, 2.75) is 32.4 Å². The number of rotatable bonds is 5. The number of hydrogen-bond acceptors (Lipinski definition) is 3. The van der Waals surface area contributed by atoms with Crippen molar-refractivity contribution in [3.63, 3.8) is 0 Å². The molecule has 1 fully saturated rings. The molecule has 4 heteroatoms. The summed E-state index contributed by atoms with van der Waals surface area (Å²) in [5.74, 6) is 0.971. The van der Waals surface area contributed by atoms with Crippen molar-refractivity contribution in [1.82, 2.24) is 10.2 Å². The summed E-state index contributed by atoms with van der Waals surface area (Å²) in [4.78, 5) is 13.6. The summed E-state index contributed by atoms with van der Waals surface area (Å²) in [7, 11) is 1.71. The first-order valence-electron chi connectivity index (χ1n) is 8.87. The number of methoxy groups -OCH3 is 1. The van der Waals surface area contributed by atoms with Gasteiger partial charge >= 0.3 is 0 Å². The molecule has 0 radical (unpaired) electrons. The van der Waals surface area contributed by atoms with Gasteiger partial charge < -0.3 is 10.1 Å². The molecule has 0 aliphatic carbocycles. The maximum absolute atomic E-state index is 11.2. The van der Waals surface area contributed by atoms with Crippen molar-refractivity contribution in [3.05, 3.63) is 54.1 Å². The number of benzene rings is 2. The molecule has 2 aromatic carbocycles. The number of para-hydroxylation sites is 1. The van der Waals surface area contributed by atoms with Crippen molar-refractivity contribution in [2.75, 3.05) is 20.2 Å². The smallest absolute Gasteiger partial charge is 0.217 e. The van der Waals surface area contributed by atoms with Crippen molar-refractivity contribution in [2.24, 2.45) is 0 Å². The molecule has 25 heavy (non-hydrogen) atoms. The van der Waals surface area contributed by atoms with Gasteiger partial charge in [0.15, 0.2) is 0 Å². The lowest BCUT2D eigenvalue weighted by Gasteiger charge is -2.32. The molecule has 4 nitrogen and oxygen atoms in total. The van der Waals surface area contributed by atoms with Crippen molar-refractivity contribution in [1.29, 1.82) is 0 Å². The van der Waals surface area contributed by atoms with Crippen molar-refractivity contribution < 1.29 is 9.53 Å². The lowest BCUT2D eigenvalue weighted by Crippen LogP contribution is -2.43. The largest absolute Gasteiger partial charge is 0.496 e. The second-order valence-electron chi connectivity index (χ2n) is 6.65. The Kier molecular flexibility index (Phi) is 5.71. The van der Waals surface area contributed by atoms with Crippen LogP contribution in [-0.2, 0) is 11.3 Å². The SMILES string of the molecule is COc1ccccc1-c1cccc(CN2CCC(NC(C)=O)CC2)c1. The number of ether oxygens (including phenoxy) is 1. The Bertz CT molecular complexity index is 721. The van der Waals surface area contributed by atoms with Crippen LogP contribution in [0.15, 0.2) is 48.5 Å². The summed E-state index contributed by atoms with van der Waals surface area (Å²) in [5.41, 5.74) is 3.61. The van der Waals surface area contributed by atoms with Crippen LogP contribution < -0.4 is 10.1 Å². The predicted molar refractivity (Wildman–Crippen MR) is 101 cm³/mol. The normalized spacial score (nSPS) is 15.8. The Balaban J connectivity index is 1.66. The van der Waals surface area contributed by atoms with Gasteiger partial charge in [-0.2, -0.15) is 0 Å². The number of amides is 1. The molecule has 1 aliphatic rings. The number of nitrogens with zero attached hydrogens (tertiary/aromatic N) is 1.